The van der Waals surface area contributed by atoms with E-state index in [4.69, 9.17) is 16.3 Å². The molecule has 1 aromatic carbocycles. The molecule has 0 saturated heterocycles. The number of fused-ring (bicyclic) bond motifs is 1. The minimum absolute atomic E-state index is 0.157. The maximum Gasteiger partial charge on any atom is 0.411 e. The first-order chi connectivity index (χ1) is 18.8. The summed E-state index contributed by atoms with van der Waals surface area (Å²) in [6, 6.07) is 7.44. The van der Waals surface area contributed by atoms with Crippen LogP contribution in [0.5, 0.6) is 0 Å². The van der Waals surface area contributed by atoms with E-state index < -0.39 is 6.09 Å². The predicted molar refractivity (Wildman–Crippen MR) is 162 cm³/mol. The smallest absolute Gasteiger partial charge is 0.411 e. The molecule has 0 unspecified atom stereocenters. The second kappa shape index (κ2) is 15.9. The number of hydrogen-bond acceptors (Lipinski definition) is 4. The van der Waals surface area contributed by atoms with Crippen molar-refractivity contribution in [3.63, 3.8) is 0 Å². The van der Waals surface area contributed by atoms with Gasteiger partial charge in [-0.15, -0.1) is 5.10 Å². The molecule has 0 atom stereocenters. The Morgan fingerprint density at radius 3 is 2.05 bits per heavy atom. The molecule has 2 aromatic heterocycles. The van der Waals surface area contributed by atoms with Crippen LogP contribution in [0.15, 0.2) is 24.3 Å². The Kier molecular flexibility index (Phi) is 12.6. The third-order valence-corrected chi connectivity index (χ3v) is 7.48. The zero-order chi connectivity index (χ0) is 28.1. The third-order valence-electron chi connectivity index (χ3n) is 7.13. The van der Waals surface area contributed by atoms with Gasteiger partial charge in [-0.2, -0.15) is 4.63 Å². The molecule has 39 heavy (non-hydrogen) atoms. The predicted octanol–water partition coefficient (Wildman–Crippen LogP) is 9.71. The lowest BCUT2D eigenvalue weighted by Crippen LogP contribution is -2.15. The average Bonchev–Trinajstić information content (AvgIpc) is 3.46. The molecule has 0 bridgehead atoms. The highest BCUT2D eigenvalue weighted by molar-refractivity contribution is 6.34. The first-order valence-corrected chi connectivity index (χ1v) is 15.4. The van der Waals surface area contributed by atoms with E-state index in [9.17, 15) is 4.79 Å². The van der Waals surface area contributed by atoms with Crippen molar-refractivity contribution in [3.05, 3.63) is 35.0 Å². The minimum Gasteiger partial charge on any atom is -0.449 e. The van der Waals surface area contributed by atoms with E-state index >= 15 is 0 Å². The van der Waals surface area contributed by atoms with E-state index in [-0.39, 0.29) is 5.41 Å². The van der Waals surface area contributed by atoms with E-state index in [2.05, 4.69) is 48.2 Å². The minimum atomic E-state index is -0.463. The van der Waals surface area contributed by atoms with Crippen LogP contribution in [0.25, 0.3) is 17.0 Å². The van der Waals surface area contributed by atoms with Gasteiger partial charge in [0.25, 0.3) is 0 Å². The summed E-state index contributed by atoms with van der Waals surface area (Å²) in [6.45, 7) is 8.92. The fourth-order valence-electron chi connectivity index (χ4n) is 4.80. The Morgan fingerprint density at radius 2 is 1.49 bits per heavy atom. The van der Waals surface area contributed by atoms with Gasteiger partial charge in [0.15, 0.2) is 11.5 Å². The van der Waals surface area contributed by atoms with Gasteiger partial charge >= 0.3 is 6.09 Å². The van der Waals surface area contributed by atoms with E-state index in [1.54, 1.807) is 4.63 Å². The van der Waals surface area contributed by atoms with Gasteiger partial charge in [0.1, 0.15) is 5.02 Å². The van der Waals surface area contributed by atoms with Gasteiger partial charge in [0.05, 0.1) is 18.0 Å². The van der Waals surface area contributed by atoms with Crippen molar-refractivity contribution in [1.29, 1.82) is 0 Å². The third kappa shape index (κ3) is 9.86. The molecule has 0 aliphatic carbocycles. The maximum absolute atomic E-state index is 12.5. The number of nitrogens with one attached hydrogen (secondary N) is 2. The number of ether oxygens (including phenoxy) is 1. The van der Waals surface area contributed by atoms with E-state index in [1.165, 1.54) is 77.0 Å². The fourth-order valence-corrected chi connectivity index (χ4v) is 5.25. The molecule has 3 aromatic rings. The summed E-state index contributed by atoms with van der Waals surface area (Å²) in [6.07, 6.45) is 17.7. The zero-order valence-corrected chi connectivity index (χ0v) is 25.2. The largest absolute Gasteiger partial charge is 0.449 e. The lowest BCUT2D eigenvalue weighted by Gasteiger charge is -2.16. The normalized spacial score (nSPS) is 11.8. The Morgan fingerprint density at radius 1 is 0.923 bits per heavy atom. The average molecular weight is 558 g/mol. The van der Waals surface area contributed by atoms with E-state index in [0.717, 1.165) is 18.5 Å². The van der Waals surface area contributed by atoms with Crippen molar-refractivity contribution >= 4 is 29.0 Å². The van der Waals surface area contributed by atoms with Crippen LogP contribution in [0.1, 0.15) is 123 Å². The van der Waals surface area contributed by atoms with Crippen molar-refractivity contribution in [2.45, 2.75) is 123 Å². The van der Waals surface area contributed by atoms with Crippen LogP contribution in [0.3, 0.4) is 0 Å². The molecule has 0 spiro atoms. The molecule has 7 nitrogen and oxygen atoms in total. The number of unbranched alkanes of at least 4 members (excludes halogenated alkanes) is 13. The molecule has 0 radical (unpaired) electrons. The van der Waals surface area contributed by atoms with Gasteiger partial charge in [-0.1, -0.05) is 135 Å². The summed E-state index contributed by atoms with van der Waals surface area (Å²) in [5.74, 6) is 0.478. The Balaban J connectivity index is 1.33. The van der Waals surface area contributed by atoms with Crippen LogP contribution in [-0.4, -0.2) is 32.5 Å². The van der Waals surface area contributed by atoms with Crippen molar-refractivity contribution in [2.24, 2.45) is 0 Å². The number of halogens is 1. The topological polar surface area (TPSA) is 84.3 Å². The Labute approximate surface area is 239 Å². The monoisotopic (exact) mass is 557 g/mol. The molecule has 3 rings (SSSR count). The molecule has 0 aliphatic heterocycles. The van der Waals surface area contributed by atoms with Crippen LogP contribution >= 0.6 is 11.6 Å². The molecular weight excluding hydrogens is 510 g/mol. The number of H-pyrrole nitrogens is 1. The number of amides is 1. The number of carbonyl (C=O) groups is 1. The van der Waals surface area contributed by atoms with Crippen LogP contribution in [-0.2, 0) is 10.2 Å². The second-order valence-electron chi connectivity index (χ2n) is 11.6. The zero-order valence-electron chi connectivity index (χ0n) is 24.5. The van der Waals surface area contributed by atoms with Crippen LogP contribution < -0.4 is 5.32 Å². The van der Waals surface area contributed by atoms with Gasteiger partial charge in [0, 0.05) is 11.0 Å². The fraction of sp³-hybridized carbons (Fsp3) is 0.645. The number of aromatic nitrogens is 4. The SMILES string of the molecule is CCCCCCCCCCCCCCCCOC(=O)Nc1ccccc1-c1nc2c(Cl)c(C(C)(C)C)[nH]n2n1. The van der Waals surface area contributed by atoms with Crippen molar-refractivity contribution in [2.75, 3.05) is 11.9 Å². The summed E-state index contributed by atoms with van der Waals surface area (Å²) in [4.78, 5) is 17.1. The molecule has 0 saturated carbocycles. The van der Waals surface area contributed by atoms with Crippen LogP contribution in [0.4, 0.5) is 10.5 Å². The number of rotatable bonds is 17. The molecule has 0 aliphatic rings. The molecule has 8 heteroatoms. The number of carbonyl (C=O) groups excluding carboxylic acids is 1. The molecule has 1 amide bonds. The number of para-hydroxylation sites is 1. The van der Waals surface area contributed by atoms with Crippen molar-refractivity contribution < 1.29 is 9.53 Å². The summed E-state index contributed by atoms with van der Waals surface area (Å²) in [5.41, 5.74) is 2.59. The quantitative estimate of drug-likeness (QED) is 0.162. The van der Waals surface area contributed by atoms with Gasteiger partial charge in [-0.3, -0.25) is 10.4 Å². The molecule has 2 N–H and O–H groups in total. The molecule has 216 valence electrons. The number of aromatic amines is 1. The maximum atomic E-state index is 12.5. The second-order valence-corrected chi connectivity index (χ2v) is 12.0. The Bertz CT molecular complexity index is 1150. The van der Waals surface area contributed by atoms with Gasteiger partial charge in [0.2, 0.25) is 0 Å². The van der Waals surface area contributed by atoms with Gasteiger partial charge in [-0.05, 0) is 18.6 Å². The summed E-state index contributed by atoms with van der Waals surface area (Å²) in [5, 5.41) is 11.2. The highest BCUT2D eigenvalue weighted by atomic mass is 35.5. The van der Waals surface area contributed by atoms with E-state index in [1.807, 2.05) is 24.3 Å². The number of hydrogen-bond donors (Lipinski definition) is 2. The van der Waals surface area contributed by atoms with Gasteiger partial charge in [-0.25, -0.2) is 9.78 Å². The number of benzene rings is 1. The van der Waals surface area contributed by atoms with Crippen LogP contribution in [0.2, 0.25) is 5.02 Å². The molecule has 0 fully saturated rings. The highest BCUT2D eigenvalue weighted by Crippen LogP contribution is 2.33. The van der Waals surface area contributed by atoms with Crippen molar-refractivity contribution in [1.82, 2.24) is 19.8 Å². The Hall–Kier alpha value is -2.54. The van der Waals surface area contributed by atoms with Gasteiger partial charge < -0.3 is 4.74 Å². The van der Waals surface area contributed by atoms with E-state index in [0.29, 0.717) is 34.4 Å². The summed E-state index contributed by atoms with van der Waals surface area (Å²) in [7, 11) is 0. The lowest BCUT2D eigenvalue weighted by atomic mass is 9.92. The first-order valence-electron chi connectivity index (χ1n) is 15.0. The van der Waals surface area contributed by atoms with Crippen molar-refractivity contribution in [3.8, 4) is 11.4 Å². The standard InChI is InChI=1S/C31H48ClN5O2/c1-5-6-7-8-9-10-11-12-13-14-15-16-17-20-23-39-30(38)33-25-22-19-18-21-24(25)28-34-29-26(32)27(31(2,3)4)35-37(29)36-28/h18-19,21-22,35H,5-17,20,23H2,1-4H3,(H,33,38). The lowest BCUT2D eigenvalue weighted by molar-refractivity contribution is 0.159. The highest BCUT2D eigenvalue weighted by Gasteiger charge is 2.25. The molecular formula is C31H48ClN5O2. The molecule has 2 heterocycles. The summed E-state index contributed by atoms with van der Waals surface area (Å²) < 4.78 is 7.02. The van der Waals surface area contributed by atoms with Crippen LogP contribution in [0, 0.1) is 0 Å². The number of anilines is 1. The summed E-state index contributed by atoms with van der Waals surface area (Å²) >= 11 is 6.58. The first kappa shape index (κ1) is 31.0. The number of nitrogens with zero attached hydrogens (tertiary/aromatic N) is 3.